The molecule has 2 aliphatic carbocycles. The van der Waals surface area contributed by atoms with E-state index in [2.05, 4.69) is 20.4 Å². The molecule has 0 saturated heterocycles. The van der Waals surface area contributed by atoms with Crippen molar-refractivity contribution in [3.8, 4) is 5.88 Å². The fourth-order valence-electron chi connectivity index (χ4n) is 4.19. The van der Waals surface area contributed by atoms with E-state index in [1.54, 1.807) is 31.4 Å². The number of hydrogen-bond acceptors (Lipinski definition) is 11. The molecule has 0 unspecified atom stereocenters. The molecule has 0 spiro atoms. The number of anilines is 1. The summed E-state index contributed by atoms with van der Waals surface area (Å²) >= 11 is 1.19. The van der Waals surface area contributed by atoms with Crippen molar-refractivity contribution < 1.29 is 27.5 Å². The monoisotopic (exact) mass is 559 g/mol. The smallest absolute Gasteiger partial charge is 0.280 e. The Morgan fingerprint density at radius 1 is 1.11 bits per heavy atom. The molecular weight excluding hydrogens is 530 g/mol. The Kier molecular flexibility index (Phi) is 7.88. The maximum Gasteiger partial charge on any atom is 0.280 e. The highest BCUT2D eigenvalue weighted by molar-refractivity contribution is 7.92. The minimum atomic E-state index is -3.35. The summed E-state index contributed by atoms with van der Waals surface area (Å²) in [5.74, 6) is -0.116. The zero-order valence-corrected chi connectivity index (χ0v) is 22.5. The maximum atomic E-state index is 13.4. The number of pyridine rings is 1. The SMILES string of the molecule is CO[C@@H]1CC[C@@H](O/N=C(/C(=O)Nc2nc3ccc(OCCN)nc3s2)c2ccc(S(=O)(=O)C3CC3)cc2)C1. The van der Waals surface area contributed by atoms with Crippen LogP contribution in [0, 0.1) is 0 Å². The maximum absolute atomic E-state index is 13.4. The van der Waals surface area contributed by atoms with Crippen LogP contribution in [0.3, 0.4) is 0 Å². The van der Waals surface area contributed by atoms with Gasteiger partial charge in [0.25, 0.3) is 5.91 Å². The molecular formula is C25H29N5O6S2. The number of ether oxygens (including phenoxy) is 2. The Morgan fingerprint density at radius 3 is 2.55 bits per heavy atom. The normalized spacial score (nSPS) is 20.0. The van der Waals surface area contributed by atoms with E-state index in [-0.39, 0.29) is 28.1 Å². The van der Waals surface area contributed by atoms with Gasteiger partial charge in [-0.05, 0) is 43.9 Å². The highest BCUT2D eigenvalue weighted by atomic mass is 32.2. The third-order valence-electron chi connectivity index (χ3n) is 6.42. The molecule has 0 bridgehead atoms. The van der Waals surface area contributed by atoms with E-state index in [0.29, 0.717) is 59.3 Å². The van der Waals surface area contributed by atoms with Crippen molar-refractivity contribution >= 4 is 48.3 Å². The number of nitrogens with one attached hydrogen (secondary N) is 1. The molecule has 2 atom stereocenters. The summed E-state index contributed by atoms with van der Waals surface area (Å²) in [7, 11) is -1.69. The summed E-state index contributed by atoms with van der Waals surface area (Å²) in [6.45, 7) is 0.710. The highest BCUT2D eigenvalue weighted by Crippen LogP contribution is 2.33. The first-order valence-electron chi connectivity index (χ1n) is 12.4. The third kappa shape index (κ3) is 5.96. The lowest BCUT2D eigenvalue weighted by Crippen LogP contribution is -2.25. The fraction of sp³-hybridized carbons (Fsp3) is 0.440. The first kappa shape index (κ1) is 26.5. The Labute approximate surface area is 224 Å². The van der Waals surface area contributed by atoms with Crippen LogP contribution in [0.2, 0.25) is 0 Å². The zero-order chi connectivity index (χ0) is 26.7. The van der Waals surface area contributed by atoms with Crippen LogP contribution in [-0.2, 0) is 24.2 Å². The molecule has 0 radical (unpaired) electrons. The molecule has 2 fully saturated rings. The number of sulfone groups is 1. The summed E-state index contributed by atoms with van der Waals surface area (Å²) in [5.41, 5.74) is 6.52. The van der Waals surface area contributed by atoms with E-state index in [4.69, 9.17) is 20.0 Å². The second-order valence-corrected chi connectivity index (χ2v) is 12.4. The molecule has 3 aromatic rings. The van der Waals surface area contributed by atoms with Gasteiger partial charge in [-0.3, -0.25) is 10.1 Å². The lowest BCUT2D eigenvalue weighted by molar-refractivity contribution is -0.110. The van der Waals surface area contributed by atoms with Gasteiger partial charge >= 0.3 is 0 Å². The summed E-state index contributed by atoms with van der Waals surface area (Å²) < 4.78 is 36.1. The van der Waals surface area contributed by atoms with Crippen molar-refractivity contribution in [3.63, 3.8) is 0 Å². The van der Waals surface area contributed by atoms with Crippen LogP contribution in [0.1, 0.15) is 37.7 Å². The number of hydrogen-bond donors (Lipinski definition) is 2. The highest BCUT2D eigenvalue weighted by Gasteiger charge is 2.37. The summed E-state index contributed by atoms with van der Waals surface area (Å²) in [4.78, 5) is 28.8. The fourth-order valence-corrected chi connectivity index (χ4v) is 6.67. The average molecular weight is 560 g/mol. The molecule has 3 N–H and O–H groups in total. The quantitative estimate of drug-likeness (QED) is 0.266. The van der Waals surface area contributed by atoms with E-state index in [1.807, 2.05) is 0 Å². The van der Waals surface area contributed by atoms with Crippen molar-refractivity contribution in [1.82, 2.24) is 9.97 Å². The zero-order valence-electron chi connectivity index (χ0n) is 20.8. The molecule has 38 heavy (non-hydrogen) atoms. The van der Waals surface area contributed by atoms with E-state index >= 15 is 0 Å². The van der Waals surface area contributed by atoms with Crippen molar-refractivity contribution in [2.75, 3.05) is 25.6 Å². The molecule has 13 heteroatoms. The molecule has 0 aliphatic heterocycles. The van der Waals surface area contributed by atoms with Crippen LogP contribution < -0.4 is 15.8 Å². The van der Waals surface area contributed by atoms with E-state index in [1.165, 1.54) is 23.5 Å². The molecule has 2 aliphatic rings. The van der Waals surface area contributed by atoms with Crippen LogP contribution in [-0.4, -0.2) is 67.7 Å². The van der Waals surface area contributed by atoms with Crippen molar-refractivity contribution in [2.45, 2.75) is 54.5 Å². The number of amides is 1. The molecule has 2 heterocycles. The lowest BCUT2D eigenvalue weighted by atomic mass is 10.1. The third-order valence-corrected chi connectivity index (χ3v) is 9.57. The molecule has 11 nitrogen and oxygen atoms in total. The van der Waals surface area contributed by atoms with Crippen LogP contribution in [0.25, 0.3) is 10.3 Å². The number of nitrogens with zero attached hydrogens (tertiary/aromatic N) is 3. The van der Waals surface area contributed by atoms with E-state index in [9.17, 15) is 13.2 Å². The van der Waals surface area contributed by atoms with Gasteiger partial charge in [0.2, 0.25) is 5.88 Å². The number of thiazole rings is 1. The number of nitrogens with two attached hydrogens (primary N) is 1. The Bertz CT molecular complexity index is 1440. The van der Waals surface area contributed by atoms with Gasteiger partial charge in [0.1, 0.15) is 23.1 Å². The van der Waals surface area contributed by atoms with Crippen molar-refractivity contribution in [2.24, 2.45) is 10.9 Å². The number of benzene rings is 1. The van der Waals surface area contributed by atoms with Crippen LogP contribution in [0.4, 0.5) is 5.13 Å². The molecule has 2 aromatic heterocycles. The number of carbonyl (C=O) groups is 1. The number of carbonyl (C=O) groups excluding carboxylic acids is 1. The van der Waals surface area contributed by atoms with Gasteiger partial charge in [-0.1, -0.05) is 28.6 Å². The number of fused-ring (bicyclic) bond motifs is 1. The topological polar surface area (TPSA) is 155 Å². The summed E-state index contributed by atoms with van der Waals surface area (Å²) in [5, 5.41) is 6.99. The molecule has 1 aromatic carbocycles. The summed E-state index contributed by atoms with van der Waals surface area (Å²) in [6.07, 6.45) is 3.54. The first-order chi connectivity index (χ1) is 18.4. The number of methoxy groups -OCH3 is 1. The Hall–Kier alpha value is -3.13. The van der Waals surface area contributed by atoms with Gasteiger partial charge in [-0.15, -0.1) is 0 Å². The second kappa shape index (κ2) is 11.3. The molecule has 202 valence electrons. The van der Waals surface area contributed by atoms with Gasteiger partial charge in [-0.2, -0.15) is 0 Å². The molecule has 1 amide bonds. The number of oxime groups is 1. The van der Waals surface area contributed by atoms with Gasteiger partial charge in [0.05, 0.1) is 16.2 Å². The second-order valence-electron chi connectivity index (χ2n) is 9.19. The van der Waals surface area contributed by atoms with E-state index in [0.717, 1.165) is 12.8 Å². The Morgan fingerprint density at radius 2 is 1.87 bits per heavy atom. The number of rotatable bonds is 11. The molecule has 2 saturated carbocycles. The van der Waals surface area contributed by atoms with Gasteiger partial charge < -0.3 is 20.0 Å². The van der Waals surface area contributed by atoms with Crippen LogP contribution in [0.15, 0.2) is 46.4 Å². The lowest BCUT2D eigenvalue weighted by Gasteiger charge is -2.12. The molecule has 5 rings (SSSR count). The van der Waals surface area contributed by atoms with Gasteiger partial charge in [0, 0.05) is 31.7 Å². The number of aromatic nitrogens is 2. The minimum absolute atomic E-state index is 0.0143. The first-order valence-corrected chi connectivity index (χ1v) is 14.8. The predicted octanol–water partition coefficient (Wildman–Crippen LogP) is 2.89. The predicted molar refractivity (Wildman–Crippen MR) is 143 cm³/mol. The summed E-state index contributed by atoms with van der Waals surface area (Å²) in [6, 6.07) is 9.61. The largest absolute Gasteiger partial charge is 0.476 e. The van der Waals surface area contributed by atoms with Crippen LogP contribution in [0.5, 0.6) is 5.88 Å². The van der Waals surface area contributed by atoms with Crippen molar-refractivity contribution in [3.05, 3.63) is 42.0 Å². The van der Waals surface area contributed by atoms with Crippen LogP contribution >= 0.6 is 11.3 Å². The Balaban J connectivity index is 1.38. The average Bonchev–Trinajstić information content (AvgIpc) is 3.57. The van der Waals surface area contributed by atoms with Gasteiger partial charge in [0.15, 0.2) is 20.7 Å². The van der Waals surface area contributed by atoms with E-state index < -0.39 is 15.7 Å². The van der Waals surface area contributed by atoms with Gasteiger partial charge in [-0.25, -0.2) is 18.4 Å². The van der Waals surface area contributed by atoms with Crippen molar-refractivity contribution in [1.29, 1.82) is 0 Å². The standard InChI is InChI=1S/C25H29N5O6S2/c1-34-16-4-5-17(14-16)36-30-22(15-2-6-18(7-3-15)38(32,33)19-8-9-19)23(31)29-25-27-20-10-11-21(35-13-12-26)28-24(20)37-25/h2-3,6-7,10-11,16-17,19H,4-5,8-9,12-14,26H2,1H3,(H,27,29,31)/b30-22+/t16-,17-/m1/s1. The minimum Gasteiger partial charge on any atom is -0.476 e.